The summed E-state index contributed by atoms with van der Waals surface area (Å²) in [6.45, 7) is 0.0680. The van der Waals surface area contributed by atoms with Crippen molar-refractivity contribution in [1.82, 2.24) is 5.32 Å². The third-order valence-corrected chi connectivity index (χ3v) is 5.74. The Balaban J connectivity index is 1.59. The van der Waals surface area contributed by atoms with Gasteiger partial charge in [-0.3, -0.25) is 9.59 Å². The lowest BCUT2D eigenvalue weighted by atomic mass is 10.1. The molecule has 0 fully saturated rings. The van der Waals surface area contributed by atoms with E-state index in [0.717, 1.165) is 4.90 Å². The van der Waals surface area contributed by atoms with E-state index in [9.17, 15) is 22.8 Å². The molecule has 2 heterocycles. The highest BCUT2D eigenvalue weighted by molar-refractivity contribution is 8.00. The summed E-state index contributed by atoms with van der Waals surface area (Å²) in [5.74, 6) is -0.297. The number of halogens is 3. The molecular weight excluding hydrogens is 445 g/mol. The molecule has 1 N–H and O–H groups in total. The third kappa shape index (κ3) is 5.08. The molecule has 2 amide bonds. The molecule has 32 heavy (non-hydrogen) atoms. The molecule has 4 rings (SSSR count). The lowest BCUT2D eigenvalue weighted by Gasteiger charge is -2.30. The molecule has 0 unspecified atom stereocenters. The Morgan fingerprint density at radius 1 is 1.16 bits per heavy atom. The van der Waals surface area contributed by atoms with Crippen molar-refractivity contribution >= 4 is 29.3 Å². The van der Waals surface area contributed by atoms with E-state index >= 15 is 0 Å². The van der Waals surface area contributed by atoms with Gasteiger partial charge in [0.05, 0.1) is 30.8 Å². The normalized spacial score (nSPS) is 13.6. The first-order chi connectivity index (χ1) is 15.3. The molecule has 6 nitrogen and oxygen atoms in total. The predicted octanol–water partition coefficient (Wildman–Crippen LogP) is 4.75. The Labute approximate surface area is 185 Å². The summed E-state index contributed by atoms with van der Waals surface area (Å²) in [4.78, 5) is 27.3. The van der Waals surface area contributed by atoms with Gasteiger partial charge in [0, 0.05) is 16.0 Å². The van der Waals surface area contributed by atoms with Crippen LogP contribution in [-0.4, -0.2) is 23.9 Å². The van der Waals surface area contributed by atoms with Crippen LogP contribution in [0.5, 0.6) is 5.75 Å². The summed E-state index contributed by atoms with van der Waals surface area (Å²) < 4.78 is 47.6. The van der Waals surface area contributed by atoms with Crippen LogP contribution >= 0.6 is 11.8 Å². The van der Waals surface area contributed by atoms with Gasteiger partial charge in [0.1, 0.15) is 11.5 Å². The number of hydrogen-bond donors (Lipinski definition) is 1. The number of nitrogens with one attached hydrogen (secondary N) is 1. The van der Waals surface area contributed by atoms with Gasteiger partial charge >= 0.3 is 6.36 Å². The first kappa shape index (κ1) is 21.8. The van der Waals surface area contributed by atoms with Gasteiger partial charge < -0.3 is 19.4 Å². The van der Waals surface area contributed by atoms with E-state index in [0.29, 0.717) is 17.0 Å². The molecule has 2 aromatic carbocycles. The molecule has 1 aliphatic rings. The Hall–Kier alpha value is -3.40. The van der Waals surface area contributed by atoms with E-state index in [1.165, 1.54) is 41.1 Å². The number of thioether (sulfide) groups is 1. The fourth-order valence-corrected chi connectivity index (χ4v) is 4.14. The highest BCUT2D eigenvalue weighted by Gasteiger charge is 2.33. The lowest BCUT2D eigenvalue weighted by Crippen LogP contribution is -2.35. The maximum atomic E-state index is 12.8. The minimum Gasteiger partial charge on any atom is -0.467 e. The van der Waals surface area contributed by atoms with Crippen LogP contribution in [0.15, 0.2) is 70.2 Å². The van der Waals surface area contributed by atoms with E-state index < -0.39 is 6.36 Å². The molecule has 0 saturated carbocycles. The number of alkyl halides is 3. The van der Waals surface area contributed by atoms with Crippen molar-refractivity contribution in [1.29, 1.82) is 0 Å². The second-order valence-corrected chi connectivity index (χ2v) is 7.89. The van der Waals surface area contributed by atoms with Gasteiger partial charge in [0.2, 0.25) is 5.91 Å². The lowest BCUT2D eigenvalue weighted by molar-refractivity contribution is -0.274. The topological polar surface area (TPSA) is 71.8 Å². The molecule has 166 valence electrons. The zero-order valence-electron chi connectivity index (χ0n) is 16.5. The number of anilines is 1. The van der Waals surface area contributed by atoms with Crippen molar-refractivity contribution in [3.63, 3.8) is 0 Å². The molecule has 0 radical (unpaired) electrons. The smallest absolute Gasteiger partial charge is 0.467 e. The Kier molecular flexibility index (Phi) is 6.13. The third-order valence-electron chi connectivity index (χ3n) is 4.69. The van der Waals surface area contributed by atoms with Crippen molar-refractivity contribution in [3.05, 3.63) is 77.7 Å². The zero-order valence-corrected chi connectivity index (χ0v) is 17.3. The van der Waals surface area contributed by atoms with Crippen molar-refractivity contribution in [3.8, 4) is 5.75 Å². The first-order valence-corrected chi connectivity index (χ1v) is 10.5. The Morgan fingerprint density at radius 2 is 1.97 bits per heavy atom. The number of benzene rings is 2. The van der Waals surface area contributed by atoms with Gasteiger partial charge in [-0.2, -0.15) is 0 Å². The molecule has 0 bridgehead atoms. The van der Waals surface area contributed by atoms with Crippen LogP contribution in [0.1, 0.15) is 21.7 Å². The predicted molar refractivity (Wildman–Crippen MR) is 111 cm³/mol. The van der Waals surface area contributed by atoms with E-state index in [1.54, 1.807) is 36.4 Å². The number of furan rings is 1. The Morgan fingerprint density at radius 3 is 2.72 bits per heavy atom. The van der Waals surface area contributed by atoms with Crippen LogP contribution in [0.25, 0.3) is 0 Å². The van der Waals surface area contributed by atoms with E-state index in [4.69, 9.17) is 4.42 Å². The average molecular weight is 462 g/mol. The highest BCUT2D eigenvalue weighted by atomic mass is 32.2. The van der Waals surface area contributed by atoms with Crippen molar-refractivity contribution < 1.29 is 31.9 Å². The summed E-state index contributed by atoms with van der Waals surface area (Å²) in [5, 5.41) is 2.73. The standard InChI is InChI=1S/C22H17F3N2O4S/c23-22(24,25)31-18-6-2-1-4-15(18)12-27-17-10-14(7-8-19(17)32-13-20(27)28)21(29)26-11-16-5-3-9-30-16/h1-10H,11-13H2,(H,26,29). The largest absolute Gasteiger partial charge is 0.573 e. The summed E-state index contributed by atoms with van der Waals surface area (Å²) in [6.07, 6.45) is -3.35. The van der Waals surface area contributed by atoms with Gasteiger partial charge in [-0.1, -0.05) is 18.2 Å². The van der Waals surface area contributed by atoms with E-state index in [-0.39, 0.29) is 42.0 Å². The van der Waals surface area contributed by atoms with Crippen molar-refractivity contribution in [2.24, 2.45) is 0 Å². The van der Waals surface area contributed by atoms with Crippen LogP contribution in [-0.2, 0) is 17.9 Å². The molecule has 0 aliphatic carbocycles. The number of carbonyl (C=O) groups excluding carboxylic acids is 2. The average Bonchev–Trinajstić information content (AvgIpc) is 3.27. The summed E-state index contributed by atoms with van der Waals surface area (Å²) in [7, 11) is 0. The second kappa shape index (κ2) is 8.99. The van der Waals surface area contributed by atoms with Gasteiger partial charge in [-0.25, -0.2) is 0 Å². The molecule has 1 aromatic heterocycles. The Bertz CT molecular complexity index is 1130. The number of fused-ring (bicyclic) bond motifs is 1. The number of para-hydroxylation sites is 1. The fourth-order valence-electron chi connectivity index (χ4n) is 3.23. The minimum atomic E-state index is -4.85. The maximum absolute atomic E-state index is 12.8. The maximum Gasteiger partial charge on any atom is 0.573 e. The second-order valence-electron chi connectivity index (χ2n) is 6.87. The number of amides is 2. The van der Waals surface area contributed by atoms with Crippen LogP contribution in [0, 0.1) is 0 Å². The SMILES string of the molecule is O=C(NCc1ccco1)c1ccc2c(c1)N(Cc1ccccc1OC(F)(F)F)C(=O)CS2. The number of hydrogen-bond acceptors (Lipinski definition) is 5. The molecular formula is C22H17F3N2O4S. The van der Waals surface area contributed by atoms with Gasteiger partial charge in [0.25, 0.3) is 5.91 Å². The fraction of sp³-hybridized carbons (Fsp3) is 0.182. The minimum absolute atomic E-state index is 0.129. The monoisotopic (exact) mass is 462 g/mol. The van der Waals surface area contributed by atoms with E-state index in [1.807, 2.05) is 0 Å². The van der Waals surface area contributed by atoms with Gasteiger partial charge in [-0.05, 0) is 36.4 Å². The summed E-state index contributed by atoms with van der Waals surface area (Å²) in [6, 6.07) is 14.0. The molecule has 0 spiro atoms. The number of carbonyl (C=O) groups is 2. The molecule has 3 aromatic rings. The molecule has 0 atom stereocenters. The first-order valence-electron chi connectivity index (χ1n) is 9.51. The van der Waals surface area contributed by atoms with Crippen LogP contribution in [0.2, 0.25) is 0 Å². The molecule has 10 heteroatoms. The van der Waals surface area contributed by atoms with Crippen LogP contribution < -0.4 is 15.0 Å². The quantitative estimate of drug-likeness (QED) is 0.573. The molecule has 1 aliphatic heterocycles. The van der Waals surface area contributed by atoms with Crippen molar-refractivity contribution in [2.75, 3.05) is 10.7 Å². The number of rotatable bonds is 6. The summed E-state index contributed by atoms with van der Waals surface area (Å²) >= 11 is 1.31. The van der Waals surface area contributed by atoms with Gasteiger partial charge in [0.15, 0.2) is 0 Å². The number of ether oxygens (including phenoxy) is 1. The van der Waals surface area contributed by atoms with Crippen LogP contribution in [0.4, 0.5) is 18.9 Å². The van der Waals surface area contributed by atoms with Gasteiger partial charge in [-0.15, -0.1) is 24.9 Å². The highest BCUT2D eigenvalue weighted by Crippen LogP contribution is 2.38. The van der Waals surface area contributed by atoms with E-state index in [2.05, 4.69) is 10.1 Å². The zero-order chi connectivity index (χ0) is 22.7. The molecule has 0 saturated heterocycles. The van der Waals surface area contributed by atoms with Crippen LogP contribution in [0.3, 0.4) is 0 Å². The summed E-state index contributed by atoms with van der Waals surface area (Å²) in [5.41, 5.74) is 0.970. The number of nitrogens with zero attached hydrogens (tertiary/aromatic N) is 1. The van der Waals surface area contributed by atoms with Crippen molar-refractivity contribution in [2.45, 2.75) is 24.3 Å².